The molecule has 1 N–H and O–H groups in total. The predicted molar refractivity (Wildman–Crippen MR) is 104 cm³/mol. The molecule has 2 aromatic rings. The number of rotatable bonds is 4. The third-order valence-electron chi connectivity index (χ3n) is 5.53. The fourth-order valence-electron chi connectivity index (χ4n) is 3.77. The van der Waals surface area contributed by atoms with Gasteiger partial charge in [-0.1, -0.05) is 12.1 Å². The van der Waals surface area contributed by atoms with Gasteiger partial charge in [0.2, 0.25) is 0 Å². The van der Waals surface area contributed by atoms with E-state index in [4.69, 9.17) is 14.2 Å². The normalized spacial score (nSPS) is 21.8. The van der Waals surface area contributed by atoms with E-state index in [-0.39, 0.29) is 18.7 Å². The van der Waals surface area contributed by atoms with E-state index in [0.717, 1.165) is 22.4 Å². The number of ether oxygens (including phenoxy) is 3. The van der Waals surface area contributed by atoms with Gasteiger partial charge in [0, 0.05) is 6.61 Å². The molecule has 1 fully saturated rings. The Hall–Kier alpha value is -2.57. The van der Waals surface area contributed by atoms with Crippen LogP contribution in [-0.4, -0.2) is 55.1 Å². The van der Waals surface area contributed by atoms with Crippen LogP contribution < -0.4 is 9.47 Å². The summed E-state index contributed by atoms with van der Waals surface area (Å²) in [6, 6.07) is 11.4. The number of aliphatic hydroxyl groups excluding tert-OH is 1. The summed E-state index contributed by atoms with van der Waals surface area (Å²) in [5.41, 5.74) is 3.83. The van der Waals surface area contributed by atoms with Crippen LogP contribution in [0.1, 0.15) is 33.5 Å². The van der Waals surface area contributed by atoms with Crippen LogP contribution in [0, 0.1) is 6.92 Å². The van der Waals surface area contributed by atoms with Gasteiger partial charge in [0.1, 0.15) is 11.5 Å². The number of amides is 1. The Morgan fingerprint density at radius 2 is 2.04 bits per heavy atom. The second-order valence-corrected chi connectivity index (χ2v) is 7.35. The van der Waals surface area contributed by atoms with Crippen LogP contribution in [0.15, 0.2) is 36.4 Å². The Balaban J connectivity index is 1.59. The van der Waals surface area contributed by atoms with Crippen molar-refractivity contribution in [1.29, 1.82) is 0 Å². The van der Waals surface area contributed by atoms with Gasteiger partial charge in [0.25, 0.3) is 5.91 Å². The highest BCUT2D eigenvalue weighted by Crippen LogP contribution is 2.31. The molecule has 0 aromatic heterocycles. The lowest BCUT2D eigenvalue weighted by Gasteiger charge is -2.39. The predicted octanol–water partition coefficient (Wildman–Crippen LogP) is 2.54. The Bertz CT molecular complexity index is 864. The van der Waals surface area contributed by atoms with Crippen LogP contribution in [0.25, 0.3) is 0 Å². The van der Waals surface area contributed by atoms with Crippen LogP contribution in [0.2, 0.25) is 0 Å². The van der Waals surface area contributed by atoms with Gasteiger partial charge in [0.05, 0.1) is 31.4 Å². The third-order valence-corrected chi connectivity index (χ3v) is 5.53. The third kappa shape index (κ3) is 3.57. The molecule has 4 rings (SSSR count). The van der Waals surface area contributed by atoms with E-state index in [9.17, 15) is 9.90 Å². The van der Waals surface area contributed by atoms with Crippen LogP contribution in [0.4, 0.5) is 0 Å². The molecule has 0 unspecified atom stereocenters. The van der Waals surface area contributed by atoms with Crippen molar-refractivity contribution in [1.82, 2.24) is 4.90 Å². The van der Waals surface area contributed by atoms with E-state index in [1.54, 1.807) is 12.0 Å². The van der Waals surface area contributed by atoms with Crippen LogP contribution in [0.3, 0.4) is 0 Å². The molecule has 0 radical (unpaired) electrons. The molecule has 2 aromatic carbocycles. The maximum Gasteiger partial charge on any atom is 0.260 e. The van der Waals surface area contributed by atoms with Crippen molar-refractivity contribution in [2.75, 3.05) is 27.1 Å². The van der Waals surface area contributed by atoms with Crippen molar-refractivity contribution in [3.05, 3.63) is 58.7 Å². The summed E-state index contributed by atoms with van der Waals surface area (Å²) in [5, 5.41) is 10.3. The SMILES string of the molecule is COc1ccc(Cc2cc3c(cc2C)OCN([C@H]2COCC[C@@H]2O)C3=O)cc1. The van der Waals surface area contributed by atoms with E-state index in [1.807, 2.05) is 43.3 Å². The number of carbonyl (C=O) groups excluding carboxylic acids is 1. The minimum absolute atomic E-state index is 0.119. The van der Waals surface area contributed by atoms with Crippen molar-refractivity contribution < 1.29 is 24.1 Å². The van der Waals surface area contributed by atoms with E-state index in [2.05, 4.69) is 0 Å². The van der Waals surface area contributed by atoms with E-state index < -0.39 is 6.10 Å². The number of nitrogens with zero attached hydrogens (tertiary/aromatic N) is 1. The largest absolute Gasteiger partial charge is 0.497 e. The second-order valence-electron chi connectivity index (χ2n) is 7.35. The number of hydrogen-bond donors (Lipinski definition) is 1. The summed E-state index contributed by atoms with van der Waals surface area (Å²) < 4.78 is 16.5. The number of carbonyl (C=O) groups is 1. The molecule has 2 aliphatic rings. The van der Waals surface area contributed by atoms with Gasteiger partial charge in [-0.15, -0.1) is 0 Å². The second kappa shape index (κ2) is 7.81. The Kier molecular flexibility index (Phi) is 5.24. The molecule has 2 heterocycles. The van der Waals surface area contributed by atoms with Gasteiger partial charge in [-0.3, -0.25) is 9.69 Å². The van der Waals surface area contributed by atoms with Gasteiger partial charge in [-0.2, -0.15) is 0 Å². The molecular formula is C22H25NO5. The summed E-state index contributed by atoms with van der Waals surface area (Å²) in [5.74, 6) is 1.30. The molecule has 0 saturated carbocycles. The molecule has 0 spiro atoms. The zero-order valence-electron chi connectivity index (χ0n) is 16.2. The van der Waals surface area contributed by atoms with Crippen LogP contribution in [0.5, 0.6) is 11.5 Å². The Morgan fingerprint density at radius 1 is 1.25 bits per heavy atom. The number of hydrogen-bond acceptors (Lipinski definition) is 5. The zero-order chi connectivity index (χ0) is 19.7. The maximum absolute atomic E-state index is 13.1. The molecule has 1 amide bonds. The lowest BCUT2D eigenvalue weighted by Crippen LogP contribution is -2.54. The van der Waals surface area contributed by atoms with Gasteiger partial charge >= 0.3 is 0 Å². The molecule has 148 valence electrons. The number of methoxy groups -OCH3 is 1. The highest BCUT2D eigenvalue weighted by molar-refractivity contribution is 5.98. The Labute approximate surface area is 164 Å². The minimum atomic E-state index is -0.591. The lowest BCUT2D eigenvalue weighted by molar-refractivity contribution is -0.0696. The van der Waals surface area contributed by atoms with Crippen molar-refractivity contribution in [3.8, 4) is 11.5 Å². The summed E-state index contributed by atoms with van der Waals surface area (Å²) >= 11 is 0. The molecule has 2 atom stereocenters. The smallest absolute Gasteiger partial charge is 0.260 e. The standard InChI is InChI=1S/C22H25NO5/c1-14-9-21-18(11-16(14)10-15-3-5-17(26-2)6-4-15)22(25)23(13-28-21)19-12-27-8-7-20(19)24/h3-6,9,11,19-20,24H,7-8,10,12-13H2,1-2H3/t19-,20-/m0/s1. The fourth-order valence-corrected chi connectivity index (χ4v) is 3.77. The monoisotopic (exact) mass is 383 g/mol. The first kappa shape index (κ1) is 18.8. The van der Waals surface area contributed by atoms with E-state index in [1.165, 1.54) is 0 Å². The first-order valence-electron chi connectivity index (χ1n) is 9.53. The van der Waals surface area contributed by atoms with Crippen molar-refractivity contribution >= 4 is 5.91 Å². The van der Waals surface area contributed by atoms with Crippen LogP contribution >= 0.6 is 0 Å². The summed E-state index contributed by atoms with van der Waals surface area (Å²) in [6.07, 6.45) is 0.649. The first-order chi connectivity index (χ1) is 13.6. The molecule has 28 heavy (non-hydrogen) atoms. The van der Waals surface area contributed by atoms with Crippen molar-refractivity contribution in [2.24, 2.45) is 0 Å². The molecule has 0 bridgehead atoms. The first-order valence-corrected chi connectivity index (χ1v) is 9.53. The zero-order valence-corrected chi connectivity index (χ0v) is 16.2. The minimum Gasteiger partial charge on any atom is -0.497 e. The number of fused-ring (bicyclic) bond motifs is 1. The fraction of sp³-hybridized carbons (Fsp3) is 0.409. The van der Waals surface area contributed by atoms with Gasteiger partial charge in [-0.25, -0.2) is 0 Å². The van der Waals surface area contributed by atoms with E-state index in [0.29, 0.717) is 37.4 Å². The molecule has 6 nitrogen and oxygen atoms in total. The van der Waals surface area contributed by atoms with Crippen LogP contribution in [-0.2, 0) is 11.2 Å². The molecule has 1 saturated heterocycles. The van der Waals surface area contributed by atoms with Gasteiger partial charge in [-0.05, 0) is 60.7 Å². The topological polar surface area (TPSA) is 68.2 Å². The number of benzene rings is 2. The highest BCUT2D eigenvalue weighted by Gasteiger charge is 2.37. The quantitative estimate of drug-likeness (QED) is 0.879. The van der Waals surface area contributed by atoms with E-state index >= 15 is 0 Å². The van der Waals surface area contributed by atoms with Gasteiger partial charge in [0.15, 0.2) is 6.73 Å². The summed E-state index contributed by atoms with van der Waals surface area (Å²) in [6.45, 7) is 3.00. The maximum atomic E-state index is 13.1. The average molecular weight is 383 g/mol. The number of aliphatic hydroxyl groups is 1. The van der Waals surface area contributed by atoms with Crippen molar-refractivity contribution in [2.45, 2.75) is 31.9 Å². The van der Waals surface area contributed by atoms with Crippen molar-refractivity contribution in [3.63, 3.8) is 0 Å². The lowest BCUT2D eigenvalue weighted by atomic mass is 9.96. The summed E-state index contributed by atoms with van der Waals surface area (Å²) in [4.78, 5) is 14.7. The average Bonchev–Trinajstić information content (AvgIpc) is 2.71. The molecule has 0 aliphatic carbocycles. The molecule has 6 heteroatoms. The molecule has 2 aliphatic heterocycles. The van der Waals surface area contributed by atoms with Gasteiger partial charge < -0.3 is 19.3 Å². The molecular weight excluding hydrogens is 358 g/mol. The number of aryl methyl sites for hydroxylation is 1. The summed E-state index contributed by atoms with van der Waals surface area (Å²) in [7, 11) is 1.65. The highest BCUT2D eigenvalue weighted by atomic mass is 16.5. The Morgan fingerprint density at radius 3 is 2.75 bits per heavy atom.